The van der Waals surface area contributed by atoms with Gasteiger partial charge in [0.2, 0.25) is 47.3 Å². The number of rotatable bonds is 23. The molecule has 8 amide bonds. The zero-order valence-corrected chi connectivity index (χ0v) is 36.5. The molecule has 1 saturated carbocycles. The Hall–Kier alpha value is -6.59. The predicted octanol–water partition coefficient (Wildman–Crippen LogP) is 0.535. The van der Waals surface area contributed by atoms with E-state index in [1.165, 1.54) is 6.92 Å². The number of carbonyl (C=O) groups excluding carboxylic acids is 8. The standard InChI is InChI=1S/C45H62N8O10/c1-26(2)37(40(46)57)51-43(60)38(27(3)4)52-44(61)39(31-19-13-8-14-20-31)53-42(59)32(23-29-15-9-6-10-16-29)49-35(55)22-21-34(54)48-28(5)41(58)47-25-36(56)50-33(45(62)63)24-30-17-11-7-12-18-30/h6-7,9-12,15-18,21-22,26-28,31-33,37-39H,8,13-14,19-20,23-25H2,1-5H3,(H2,46,57)(H,47,58)(H,48,54)(H,49,55)(H,50,56)(H,51,60)(H,52,61)(H,53,59)(H,62,63)/b22-21+/t28-,32-,33-,37-,38-,39-/m0/s1. The maximum Gasteiger partial charge on any atom is 0.326 e. The molecule has 0 saturated heterocycles. The van der Waals surface area contributed by atoms with Crippen molar-refractivity contribution < 1.29 is 48.3 Å². The molecular formula is C45H62N8O10. The van der Waals surface area contributed by atoms with Gasteiger partial charge in [-0.15, -0.1) is 0 Å². The molecule has 0 bridgehead atoms. The summed E-state index contributed by atoms with van der Waals surface area (Å²) in [7, 11) is 0. The van der Waals surface area contributed by atoms with Crippen LogP contribution >= 0.6 is 0 Å². The zero-order valence-electron chi connectivity index (χ0n) is 36.5. The minimum atomic E-state index is -1.25. The van der Waals surface area contributed by atoms with E-state index in [9.17, 15) is 48.3 Å². The van der Waals surface area contributed by atoms with Gasteiger partial charge in [0.25, 0.3) is 0 Å². The average Bonchev–Trinajstić information content (AvgIpc) is 3.24. The molecule has 18 nitrogen and oxygen atoms in total. The Morgan fingerprint density at radius 3 is 1.62 bits per heavy atom. The lowest BCUT2D eigenvalue weighted by Crippen LogP contribution is -2.61. The van der Waals surface area contributed by atoms with E-state index in [0.29, 0.717) is 24.0 Å². The van der Waals surface area contributed by atoms with Gasteiger partial charge in [-0.25, -0.2) is 4.79 Å². The molecule has 63 heavy (non-hydrogen) atoms. The summed E-state index contributed by atoms with van der Waals surface area (Å²) >= 11 is 0. The number of nitrogens with one attached hydrogen (secondary N) is 7. The fourth-order valence-corrected chi connectivity index (χ4v) is 7.08. The number of benzene rings is 2. The van der Waals surface area contributed by atoms with Crippen LogP contribution in [-0.2, 0) is 56.0 Å². The highest BCUT2D eigenvalue weighted by molar-refractivity contribution is 6.01. The Kier molecular flexibility index (Phi) is 20.4. The van der Waals surface area contributed by atoms with Crippen molar-refractivity contribution >= 4 is 53.2 Å². The molecule has 342 valence electrons. The van der Waals surface area contributed by atoms with E-state index < -0.39 is 102 Å². The van der Waals surface area contributed by atoms with Crippen molar-refractivity contribution in [3.05, 3.63) is 83.9 Å². The summed E-state index contributed by atoms with van der Waals surface area (Å²) in [6.07, 6.45) is 5.65. The number of hydrogen-bond acceptors (Lipinski definition) is 9. The summed E-state index contributed by atoms with van der Waals surface area (Å²) in [6.45, 7) is 7.70. The van der Waals surface area contributed by atoms with E-state index in [1.54, 1.807) is 88.4 Å². The lowest BCUT2D eigenvalue weighted by Gasteiger charge is -2.33. The quantitative estimate of drug-likeness (QED) is 0.0699. The van der Waals surface area contributed by atoms with E-state index in [-0.39, 0.29) is 24.7 Å². The molecule has 6 atom stereocenters. The Morgan fingerprint density at radius 1 is 0.603 bits per heavy atom. The lowest BCUT2D eigenvalue weighted by atomic mass is 9.83. The number of nitrogens with two attached hydrogens (primary N) is 1. The van der Waals surface area contributed by atoms with Crippen molar-refractivity contribution in [2.75, 3.05) is 6.54 Å². The second-order valence-electron chi connectivity index (χ2n) is 16.4. The predicted molar refractivity (Wildman–Crippen MR) is 233 cm³/mol. The molecule has 1 aliphatic carbocycles. The first-order chi connectivity index (χ1) is 29.9. The first kappa shape index (κ1) is 50.8. The highest BCUT2D eigenvalue weighted by Gasteiger charge is 2.37. The summed E-state index contributed by atoms with van der Waals surface area (Å²) in [6, 6.07) is 10.8. The van der Waals surface area contributed by atoms with Gasteiger partial charge >= 0.3 is 5.97 Å². The SMILES string of the molecule is CC(C)[C@H](NC(=O)[C@@H](NC(=O)[C@@H](NC(=O)[C@H](Cc1ccccc1)NC(=O)/C=C/C(=O)N[C@@H](C)C(=O)NCC(=O)N[C@@H](Cc1ccccc1)C(=O)O)C1CCCCC1)C(C)C)C(N)=O. The molecule has 0 aromatic heterocycles. The zero-order chi connectivity index (χ0) is 46.6. The number of primary amides is 1. The summed E-state index contributed by atoms with van der Waals surface area (Å²) < 4.78 is 0. The van der Waals surface area contributed by atoms with Gasteiger partial charge in [0.15, 0.2) is 0 Å². The van der Waals surface area contributed by atoms with Crippen molar-refractivity contribution in [1.29, 1.82) is 0 Å². The van der Waals surface area contributed by atoms with Crippen molar-refractivity contribution in [2.24, 2.45) is 23.5 Å². The Bertz CT molecular complexity index is 1940. The molecule has 0 heterocycles. The summed E-state index contributed by atoms with van der Waals surface area (Å²) in [5.41, 5.74) is 6.89. The van der Waals surface area contributed by atoms with E-state index >= 15 is 0 Å². The van der Waals surface area contributed by atoms with Crippen LogP contribution in [0.4, 0.5) is 0 Å². The van der Waals surface area contributed by atoms with Crippen LogP contribution in [0.25, 0.3) is 0 Å². The van der Waals surface area contributed by atoms with Crippen LogP contribution in [0.2, 0.25) is 0 Å². The fourth-order valence-electron chi connectivity index (χ4n) is 7.08. The molecule has 2 aromatic rings. The van der Waals surface area contributed by atoms with Crippen molar-refractivity contribution in [3.63, 3.8) is 0 Å². The molecule has 0 unspecified atom stereocenters. The number of amides is 8. The van der Waals surface area contributed by atoms with Gasteiger partial charge in [-0.3, -0.25) is 38.4 Å². The second-order valence-corrected chi connectivity index (χ2v) is 16.4. The minimum absolute atomic E-state index is 0.0163. The second kappa shape index (κ2) is 25.4. The van der Waals surface area contributed by atoms with Crippen LogP contribution in [0.3, 0.4) is 0 Å². The van der Waals surface area contributed by atoms with E-state index in [2.05, 4.69) is 37.2 Å². The molecule has 0 spiro atoms. The molecule has 0 radical (unpaired) electrons. The van der Waals surface area contributed by atoms with Gasteiger partial charge in [0.05, 0.1) is 6.54 Å². The maximum absolute atomic E-state index is 14.1. The van der Waals surface area contributed by atoms with Crippen LogP contribution < -0.4 is 43.0 Å². The minimum Gasteiger partial charge on any atom is -0.480 e. The van der Waals surface area contributed by atoms with E-state index in [4.69, 9.17) is 5.73 Å². The monoisotopic (exact) mass is 874 g/mol. The van der Waals surface area contributed by atoms with Crippen LogP contribution in [0.15, 0.2) is 72.8 Å². The first-order valence-electron chi connectivity index (χ1n) is 21.2. The highest BCUT2D eigenvalue weighted by atomic mass is 16.4. The van der Waals surface area contributed by atoms with E-state index in [1.807, 2.05) is 0 Å². The molecule has 18 heteroatoms. The van der Waals surface area contributed by atoms with Gasteiger partial charge in [0, 0.05) is 25.0 Å². The van der Waals surface area contributed by atoms with Crippen LogP contribution in [0.1, 0.15) is 77.8 Å². The Morgan fingerprint density at radius 2 is 1.11 bits per heavy atom. The summed E-state index contributed by atoms with van der Waals surface area (Å²) in [5.74, 6) is -8.03. The smallest absolute Gasteiger partial charge is 0.326 e. The Balaban J connectivity index is 1.67. The first-order valence-corrected chi connectivity index (χ1v) is 21.2. The number of carboxylic acids is 1. The molecule has 2 aromatic carbocycles. The normalized spacial score (nSPS) is 15.7. The van der Waals surface area contributed by atoms with Crippen molar-refractivity contribution in [3.8, 4) is 0 Å². The molecular weight excluding hydrogens is 813 g/mol. The third kappa shape index (κ3) is 17.4. The molecule has 1 aliphatic rings. The highest BCUT2D eigenvalue weighted by Crippen LogP contribution is 2.27. The largest absolute Gasteiger partial charge is 0.480 e. The number of aliphatic carboxylic acids is 1. The van der Waals surface area contributed by atoms with Crippen molar-refractivity contribution in [1.82, 2.24) is 37.2 Å². The molecule has 3 rings (SSSR count). The fraction of sp³-hybridized carbons (Fsp3) is 0.489. The van der Waals surface area contributed by atoms with Crippen LogP contribution in [-0.4, -0.2) is 101 Å². The van der Waals surface area contributed by atoms with E-state index in [0.717, 1.165) is 31.4 Å². The van der Waals surface area contributed by atoms with Gasteiger partial charge in [-0.1, -0.05) is 108 Å². The maximum atomic E-state index is 14.1. The van der Waals surface area contributed by atoms with Gasteiger partial charge in [-0.2, -0.15) is 0 Å². The van der Waals surface area contributed by atoms with Crippen LogP contribution in [0.5, 0.6) is 0 Å². The molecule has 1 fully saturated rings. The number of carboxylic acid groups (broad SMARTS) is 1. The van der Waals surface area contributed by atoms with Crippen LogP contribution in [0, 0.1) is 17.8 Å². The average molecular weight is 875 g/mol. The topological polar surface area (TPSA) is 284 Å². The third-order valence-electron chi connectivity index (χ3n) is 10.6. The number of carbonyl (C=O) groups is 9. The van der Waals surface area contributed by atoms with Gasteiger partial charge < -0.3 is 48.1 Å². The third-order valence-corrected chi connectivity index (χ3v) is 10.6. The summed E-state index contributed by atoms with van der Waals surface area (Å²) in [5, 5.41) is 27.5. The van der Waals surface area contributed by atoms with Crippen molar-refractivity contribution in [2.45, 2.75) is 116 Å². The van der Waals surface area contributed by atoms with Gasteiger partial charge in [-0.05, 0) is 48.6 Å². The number of hydrogen-bond donors (Lipinski definition) is 9. The lowest BCUT2D eigenvalue weighted by molar-refractivity contribution is -0.141. The molecule has 0 aliphatic heterocycles. The van der Waals surface area contributed by atoms with Gasteiger partial charge in [0.1, 0.15) is 36.3 Å². The Labute approximate surface area is 367 Å². The molecule has 10 N–H and O–H groups in total. The summed E-state index contributed by atoms with van der Waals surface area (Å²) in [4.78, 5) is 116.